The Kier molecular flexibility index (Phi) is 5.71. The predicted molar refractivity (Wildman–Crippen MR) is 103 cm³/mol. The molecule has 0 atom stereocenters. The molecule has 0 amide bonds. The molecule has 0 saturated heterocycles. The van der Waals surface area contributed by atoms with Crippen LogP contribution in [-0.4, -0.2) is 23.7 Å². The summed E-state index contributed by atoms with van der Waals surface area (Å²) in [6, 6.07) is 16.7. The van der Waals surface area contributed by atoms with E-state index in [1.807, 2.05) is 24.3 Å². The lowest BCUT2D eigenvalue weighted by Gasteiger charge is -2.12. The molecular formula is C22H20O5. The van der Waals surface area contributed by atoms with Crippen molar-refractivity contribution in [2.45, 2.75) is 19.8 Å². The van der Waals surface area contributed by atoms with Gasteiger partial charge in [0.2, 0.25) is 0 Å². The summed E-state index contributed by atoms with van der Waals surface area (Å²) in [7, 11) is 0. The molecule has 0 spiro atoms. The Morgan fingerprint density at radius 3 is 2.30 bits per heavy atom. The van der Waals surface area contributed by atoms with Gasteiger partial charge in [-0.3, -0.25) is 0 Å². The minimum Gasteiger partial charge on any atom is -0.493 e. The second-order valence-corrected chi connectivity index (χ2v) is 6.08. The number of benzene rings is 3. The van der Waals surface area contributed by atoms with Gasteiger partial charge in [0, 0.05) is 5.39 Å². The summed E-state index contributed by atoms with van der Waals surface area (Å²) in [4.78, 5) is 23.5. The van der Waals surface area contributed by atoms with E-state index < -0.39 is 11.9 Å². The Bertz CT molecular complexity index is 960. The maximum Gasteiger partial charge on any atom is 0.344 e. The average molecular weight is 364 g/mol. The Labute approximate surface area is 157 Å². The van der Waals surface area contributed by atoms with E-state index in [-0.39, 0.29) is 11.3 Å². The van der Waals surface area contributed by atoms with Gasteiger partial charge in [-0.05, 0) is 48.2 Å². The number of esters is 1. The zero-order chi connectivity index (χ0) is 19.2. The molecule has 0 aliphatic rings. The van der Waals surface area contributed by atoms with Crippen molar-refractivity contribution >= 4 is 22.7 Å². The van der Waals surface area contributed by atoms with Crippen LogP contribution in [0.25, 0.3) is 10.8 Å². The normalized spacial score (nSPS) is 10.6. The number of unbranched alkanes of at least 4 members (excludes halogenated alkanes) is 1. The summed E-state index contributed by atoms with van der Waals surface area (Å²) in [6.45, 7) is 2.73. The fraction of sp³-hybridized carbons (Fsp3) is 0.182. The van der Waals surface area contributed by atoms with E-state index in [1.54, 1.807) is 12.1 Å². The van der Waals surface area contributed by atoms with Gasteiger partial charge >= 0.3 is 11.9 Å². The van der Waals surface area contributed by atoms with E-state index in [0.29, 0.717) is 12.2 Å². The summed E-state index contributed by atoms with van der Waals surface area (Å²) in [5.74, 6) is -0.509. The number of carbonyl (C=O) groups is 2. The molecule has 5 nitrogen and oxygen atoms in total. The van der Waals surface area contributed by atoms with Gasteiger partial charge < -0.3 is 14.6 Å². The van der Waals surface area contributed by atoms with Crippen molar-refractivity contribution in [1.29, 1.82) is 0 Å². The first-order valence-electron chi connectivity index (χ1n) is 8.80. The first-order chi connectivity index (χ1) is 13.1. The van der Waals surface area contributed by atoms with Gasteiger partial charge in [0.25, 0.3) is 0 Å². The van der Waals surface area contributed by atoms with Crippen LogP contribution in [0.15, 0.2) is 60.7 Å². The second-order valence-electron chi connectivity index (χ2n) is 6.08. The number of carboxylic acid groups (broad SMARTS) is 1. The lowest BCUT2D eigenvalue weighted by molar-refractivity contribution is 0.0696. The molecule has 0 aromatic heterocycles. The van der Waals surface area contributed by atoms with Crippen molar-refractivity contribution in [3.05, 3.63) is 71.8 Å². The minimum atomic E-state index is -1.03. The number of hydrogen-bond acceptors (Lipinski definition) is 4. The number of rotatable bonds is 7. The van der Waals surface area contributed by atoms with Crippen LogP contribution in [-0.2, 0) is 0 Å². The number of ether oxygens (including phenoxy) is 2. The van der Waals surface area contributed by atoms with E-state index >= 15 is 0 Å². The highest BCUT2D eigenvalue weighted by atomic mass is 16.5. The van der Waals surface area contributed by atoms with Crippen LogP contribution in [0.3, 0.4) is 0 Å². The summed E-state index contributed by atoms with van der Waals surface area (Å²) in [5.41, 5.74) is 0.560. The van der Waals surface area contributed by atoms with Crippen LogP contribution in [0.2, 0.25) is 0 Å². The van der Waals surface area contributed by atoms with Gasteiger partial charge in [0.05, 0.1) is 17.7 Å². The molecule has 3 aromatic rings. The van der Waals surface area contributed by atoms with Crippen molar-refractivity contribution in [3.8, 4) is 11.5 Å². The molecule has 0 fully saturated rings. The molecule has 0 aliphatic carbocycles. The molecule has 0 saturated carbocycles. The molecule has 27 heavy (non-hydrogen) atoms. The molecule has 138 valence electrons. The highest BCUT2D eigenvalue weighted by Crippen LogP contribution is 2.29. The third kappa shape index (κ3) is 4.26. The van der Waals surface area contributed by atoms with E-state index in [1.165, 1.54) is 24.3 Å². The summed E-state index contributed by atoms with van der Waals surface area (Å²) in [5, 5.41) is 10.5. The Morgan fingerprint density at radius 1 is 0.926 bits per heavy atom. The number of carboxylic acids is 1. The van der Waals surface area contributed by atoms with E-state index in [0.717, 1.165) is 29.4 Å². The average Bonchev–Trinajstić information content (AvgIpc) is 2.68. The number of fused-ring (bicyclic) bond motifs is 1. The molecular weight excluding hydrogens is 344 g/mol. The van der Waals surface area contributed by atoms with Crippen LogP contribution in [0.1, 0.15) is 40.5 Å². The van der Waals surface area contributed by atoms with Gasteiger partial charge in [-0.2, -0.15) is 0 Å². The first kappa shape index (κ1) is 18.5. The molecule has 3 aromatic carbocycles. The van der Waals surface area contributed by atoms with Crippen LogP contribution in [0.5, 0.6) is 11.5 Å². The highest BCUT2D eigenvalue weighted by molar-refractivity contribution is 6.07. The maximum absolute atomic E-state index is 12.6. The van der Waals surface area contributed by atoms with Gasteiger partial charge in [-0.1, -0.05) is 37.6 Å². The van der Waals surface area contributed by atoms with Crippen LogP contribution in [0, 0.1) is 0 Å². The van der Waals surface area contributed by atoms with E-state index in [9.17, 15) is 9.59 Å². The standard InChI is InChI=1S/C22H20O5/c1-2-3-14-26-20-13-12-19(17-6-4-5-7-18(17)20)22(25)27-16-10-8-15(9-11-16)21(23)24/h4-13H,2-3,14H2,1H3,(H,23,24). The molecule has 0 unspecified atom stereocenters. The number of carbonyl (C=O) groups excluding carboxylic acids is 1. The van der Waals surface area contributed by atoms with Gasteiger partial charge in [0.15, 0.2) is 0 Å². The zero-order valence-corrected chi connectivity index (χ0v) is 15.0. The Morgan fingerprint density at radius 2 is 1.63 bits per heavy atom. The quantitative estimate of drug-likeness (QED) is 0.365. The monoisotopic (exact) mass is 364 g/mol. The third-order valence-electron chi connectivity index (χ3n) is 4.17. The lowest BCUT2D eigenvalue weighted by atomic mass is 10.0. The van der Waals surface area contributed by atoms with Crippen LogP contribution < -0.4 is 9.47 Å². The lowest BCUT2D eigenvalue weighted by Crippen LogP contribution is -2.10. The summed E-state index contributed by atoms with van der Waals surface area (Å²) in [6.07, 6.45) is 2.01. The molecule has 1 N–H and O–H groups in total. The largest absolute Gasteiger partial charge is 0.493 e. The number of hydrogen-bond donors (Lipinski definition) is 1. The third-order valence-corrected chi connectivity index (χ3v) is 4.17. The Balaban J connectivity index is 1.86. The molecule has 0 radical (unpaired) electrons. The van der Waals surface area contributed by atoms with E-state index in [2.05, 4.69) is 6.92 Å². The fourth-order valence-electron chi connectivity index (χ4n) is 2.73. The van der Waals surface area contributed by atoms with Gasteiger partial charge in [-0.15, -0.1) is 0 Å². The predicted octanol–water partition coefficient (Wildman–Crippen LogP) is 4.94. The van der Waals surface area contributed by atoms with Crippen molar-refractivity contribution in [2.75, 3.05) is 6.61 Å². The van der Waals surface area contributed by atoms with Crippen molar-refractivity contribution in [1.82, 2.24) is 0 Å². The van der Waals surface area contributed by atoms with Crippen molar-refractivity contribution in [3.63, 3.8) is 0 Å². The highest BCUT2D eigenvalue weighted by Gasteiger charge is 2.15. The zero-order valence-electron chi connectivity index (χ0n) is 15.0. The van der Waals surface area contributed by atoms with Crippen molar-refractivity contribution in [2.24, 2.45) is 0 Å². The van der Waals surface area contributed by atoms with Gasteiger partial charge in [0.1, 0.15) is 11.5 Å². The molecule has 5 heteroatoms. The van der Waals surface area contributed by atoms with E-state index in [4.69, 9.17) is 14.6 Å². The molecule has 0 aliphatic heterocycles. The summed E-state index contributed by atoms with van der Waals surface area (Å²) < 4.78 is 11.2. The number of aromatic carboxylic acids is 1. The molecule has 3 rings (SSSR count). The summed E-state index contributed by atoms with van der Waals surface area (Å²) >= 11 is 0. The fourth-order valence-corrected chi connectivity index (χ4v) is 2.73. The Hall–Kier alpha value is -3.34. The second kappa shape index (κ2) is 8.36. The van der Waals surface area contributed by atoms with Crippen molar-refractivity contribution < 1.29 is 24.2 Å². The van der Waals surface area contributed by atoms with Gasteiger partial charge in [-0.25, -0.2) is 9.59 Å². The maximum atomic E-state index is 12.6. The van der Waals surface area contributed by atoms with Crippen LogP contribution in [0.4, 0.5) is 0 Å². The topological polar surface area (TPSA) is 72.8 Å². The first-order valence-corrected chi connectivity index (χ1v) is 8.80. The molecule has 0 heterocycles. The smallest absolute Gasteiger partial charge is 0.344 e. The SMILES string of the molecule is CCCCOc1ccc(C(=O)Oc2ccc(C(=O)O)cc2)c2ccccc12. The van der Waals surface area contributed by atoms with Crippen LogP contribution >= 0.6 is 0 Å². The molecule has 0 bridgehead atoms. The minimum absolute atomic E-state index is 0.133.